The molecule has 0 atom stereocenters. The minimum absolute atomic E-state index is 0.0145. The van der Waals surface area contributed by atoms with E-state index in [-0.39, 0.29) is 11.4 Å². The summed E-state index contributed by atoms with van der Waals surface area (Å²) in [6, 6.07) is 8.23. The van der Waals surface area contributed by atoms with Crippen molar-refractivity contribution in [1.82, 2.24) is 14.3 Å². The number of halogens is 4. The van der Waals surface area contributed by atoms with Crippen LogP contribution in [0.15, 0.2) is 42.6 Å². The van der Waals surface area contributed by atoms with E-state index in [1.165, 1.54) is 19.3 Å². The van der Waals surface area contributed by atoms with Gasteiger partial charge in [0.15, 0.2) is 12.3 Å². The molecule has 0 unspecified atom stereocenters. The summed E-state index contributed by atoms with van der Waals surface area (Å²) >= 11 is 5.55. The fourth-order valence-electron chi connectivity index (χ4n) is 2.88. The van der Waals surface area contributed by atoms with Crippen LogP contribution in [0.25, 0.3) is 5.65 Å². The number of nitrogens with zero attached hydrogens (tertiary/aromatic N) is 3. The number of nitrogens with one attached hydrogen (secondary N) is 1. The Labute approximate surface area is 190 Å². The van der Waals surface area contributed by atoms with Crippen LogP contribution in [-0.2, 0) is 20.5 Å². The molecule has 0 saturated carbocycles. The number of aryl methyl sites for hydroxylation is 1. The third-order valence-corrected chi connectivity index (χ3v) is 4.92. The maximum atomic E-state index is 12.9. The van der Waals surface area contributed by atoms with Gasteiger partial charge in [0.05, 0.1) is 17.1 Å². The van der Waals surface area contributed by atoms with E-state index in [2.05, 4.69) is 10.3 Å². The second-order valence-corrected chi connectivity index (χ2v) is 7.50. The molecule has 2 heterocycles. The molecular formula is C21H18ClF3N4O4. The standard InChI is InChI=1S/C21H18ClF3N4O4/c1-12-4-3-5-17-27-16(9-29(12)17)20(32)33-11-19(31)28(2)10-18(30)26-13-6-7-15(22)14(8-13)21(23,24)25/h3-9H,10-11H2,1-2H3,(H,26,30). The number of anilines is 1. The molecule has 2 aromatic heterocycles. The van der Waals surface area contributed by atoms with Gasteiger partial charge in [0.1, 0.15) is 5.65 Å². The summed E-state index contributed by atoms with van der Waals surface area (Å²) < 4.78 is 45.5. The molecular weight excluding hydrogens is 465 g/mol. The van der Waals surface area contributed by atoms with Gasteiger partial charge in [0.2, 0.25) is 5.91 Å². The lowest BCUT2D eigenvalue weighted by Crippen LogP contribution is -2.37. The first-order valence-electron chi connectivity index (χ1n) is 9.48. The number of amides is 2. The molecule has 0 aliphatic carbocycles. The number of imidazole rings is 1. The number of hydrogen-bond acceptors (Lipinski definition) is 5. The highest BCUT2D eigenvalue weighted by Gasteiger charge is 2.33. The first-order chi connectivity index (χ1) is 15.5. The largest absolute Gasteiger partial charge is 0.451 e. The second-order valence-electron chi connectivity index (χ2n) is 7.09. The molecule has 1 N–H and O–H groups in total. The topological polar surface area (TPSA) is 93.0 Å². The highest BCUT2D eigenvalue weighted by Crippen LogP contribution is 2.36. The number of alkyl halides is 3. The van der Waals surface area contributed by atoms with Crippen LogP contribution < -0.4 is 5.32 Å². The first-order valence-corrected chi connectivity index (χ1v) is 9.86. The molecule has 0 spiro atoms. The fourth-order valence-corrected chi connectivity index (χ4v) is 3.11. The summed E-state index contributed by atoms with van der Waals surface area (Å²) in [5.41, 5.74) is 0.175. The Morgan fingerprint density at radius 3 is 2.61 bits per heavy atom. The molecule has 8 nitrogen and oxygen atoms in total. The average molecular weight is 483 g/mol. The summed E-state index contributed by atoms with van der Waals surface area (Å²) in [6.07, 6.45) is -3.20. The number of esters is 1. The van der Waals surface area contributed by atoms with Crippen LogP contribution in [0.3, 0.4) is 0 Å². The van der Waals surface area contributed by atoms with Crippen molar-refractivity contribution in [3.8, 4) is 0 Å². The number of aromatic nitrogens is 2. The number of ether oxygens (including phenoxy) is 1. The summed E-state index contributed by atoms with van der Waals surface area (Å²) in [6.45, 7) is 0.712. The van der Waals surface area contributed by atoms with Crippen LogP contribution >= 0.6 is 11.6 Å². The Balaban J connectivity index is 1.54. The molecule has 2 amide bonds. The van der Waals surface area contributed by atoms with E-state index in [4.69, 9.17) is 16.3 Å². The van der Waals surface area contributed by atoms with Gasteiger partial charge in [0, 0.05) is 24.6 Å². The summed E-state index contributed by atoms with van der Waals surface area (Å²) in [7, 11) is 1.28. The van der Waals surface area contributed by atoms with E-state index in [9.17, 15) is 27.6 Å². The summed E-state index contributed by atoms with van der Waals surface area (Å²) in [4.78, 5) is 41.6. The highest BCUT2D eigenvalue weighted by molar-refractivity contribution is 6.31. The molecule has 3 aromatic rings. The van der Waals surface area contributed by atoms with Gasteiger partial charge in [-0.05, 0) is 37.3 Å². The number of hydrogen-bond donors (Lipinski definition) is 1. The molecule has 33 heavy (non-hydrogen) atoms. The monoisotopic (exact) mass is 482 g/mol. The van der Waals surface area contributed by atoms with Crippen molar-refractivity contribution in [2.75, 3.05) is 25.5 Å². The highest BCUT2D eigenvalue weighted by atomic mass is 35.5. The maximum Gasteiger partial charge on any atom is 0.417 e. The minimum Gasteiger partial charge on any atom is -0.451 e. The van der Waals surface area contributed by atoms with E-state index in [0.717, 1.165) is 16.7 Å². The Hall–Kier alpha value is -3.60. The van der Waals surface area contributed by atoms with Gasteiger partial charge in [-0.2, -0.15) is 13.2 Å². The van der Waals surface area contributed by atoms with Crippen LogP contribution in [0.2, 0.25) is 5.02 Å². The number of likely N-dealkylation sites (N-methyl/N-ethyl adjacent to an activating group) is 1. The van der Waals surface area contributed by atoms with Gasteiger partial charge in [-0.3, -0.25) is 9.59 Å². The third-order valence-electron chi connectivity index (χ3n) is 4.59. The van der Waals surface area contributed by atoms with Gasteiger partial charge in [-0.1, -0.05) is 17.7 Å². The van der Waals surface area contributed by atoms with Crippen molar-refractivity contribution in [3.05, 3.63) is 64.6 Å². The number of pyridine rings is 1. The van der Waals surface area contributed by atoms with Gasteiger partial charge in [-0.15, -0.1) is 0 Å². The molecule has 0 bridgehead atoms. The number of fused-ring (bicyclic) bond motifs is 1. The SMILES string of the molecule is Cc1cccc2nc(C(=O)OCC(=O)N(C)CC(=O)Nc3ccc(Cl)c(C(F)(F)F)c3)cn12. The van der Waals surface area contributed by atoms with Crippen molar-refractivity contribution < 1.29 is 32.3 Å². The molecule has 0 saturated heterocycles. The van der Waals surface area contributed by atoms with Crippen molar-refractivity contribution in [1.29, 1.82) is 0 Å². The molecule has 12 heteroatoms. The van der Waals surface area contributed by atoms with E-state index < -0.39 is 47.7 Å². The fraction of sp³-hybridized carbons (Fsp3) is 0.238. The molecule has 0 radical (unpaired) electrons. The van der Waals surface area contributed by atoms with Gasteiger partial charge >= 0.3 is 12.1 Å². The maximum absolute atomic E-state index is 12.9. The molecule has 0 aliphatic rings. The predicted molar refractivity (Wildman–Crippen MR) is 113 cm³/mol. The summed E-state index contributed by atoms with van der Waals surface area (Å²) in [5, 5.41) is 1.76. The van der Waals surface area contributed by atoms with Crippen molar-refractivity contribution in [3.63, 3.8) is 0 Å². The predicted octanol–water partition coefficient (Wildman–Crippen LogP) is 3.57. The number of carbonyl (C=O) groups is 3. The molecule has 1 aromatic carbocycles. The normalized spacial score (nSPS) is 11.3. The first kappa shape index (κ1) is 24.1. The van der Waals surface area contributed by atoms with Crippen LogP contribution in [0.1, 0.15) is 21.7 Å². The Bertz CT molecular complexity index is 1230. The lowest BCUT2D eigenvalue weighted by molar-refractivity contribution is -0.137. The van der Waals surface area contributed by atoms with Crippen molar-refractivity contribution >= 4 is 40.7 Å². The molecule has 0 fully saturated rings. The quantitative estimate of drug-likeness (QED) is 0.542. The van der Waals surface area contributed by atoms with E-state index >= 15 is 0 Å². The van der Waals surface area contributed by atoms with Crippen molar-refractivity contribution in [2.24, 2.45) is 0 Å². The van der Waals surface area contributed by atoms with E-state index in [1.807, 2.05) is 13.0 Å². The second kappa shape index (κ2) is 9.49. The van der Waals surface area contributed by atoms with Crippen molar-refractivity contribution in [2.45, 2.75) is 13.1 Å². The Morgan fingerprint density at radius 2 is 1.94 bits per heavy atom. The molecule has 3 rings (SSSR count). The van der Waals surface area contributed by atoms with Crippen LogP contribution in [0, 0.1) is 6.92 Å². The molecule has 0 aliphatic heterocycles. The van der Waals surface area contributed by atoms with Crippen LogP contribution in [-0.4, -0.2) is 52.3 Å². The number of carbonyl (C=O) groups excluding carboxylic acids is 3. The van der Waals surface area contributed by atoms with Crippen LogP contribution in [0.4, 0.5) is 18.9 Å². The van der Waals surface area contributed by atoms with E-state index in [0.29, 0.717) is 11.7 Å². The zero-order valence-electron chi connectivity index (χ0n) is 17.4. The minimum atomic E-state index is -4.69. The zero-order valence-corrected chi connectivity index (χ0v) is 18.2. The third kappa shape index (κ3) is 5.80. The van der Waals surface area contributed by atoms with Gasteiger partial charge in [0.25, 0.3) is 5.91 Å². The molecule has 174 valence electrons. The Kier molecular flexibility index (Phi) is 6.92. The average Bonchev–Trinajstić information content (AvgIpc) is 3.18. The Morgan fingerprint density at radius 1 is 1.21 bits per heavy atom. The smallest absolute Gasteiger partial charge is 0.417 e. The lowest BCUT2D eigenvalue weighted by atomic mass is 10.2. The lowest BCUT2D eigenvalue weighted by Gasteiger charge is -2.17. The number of benzene rings is 1. The van der Waals surface area contributed by atoms with Gasteiger partial charge < -0.3 is 19.4 Å². The number of rotatable bonds is 6. The summed E-state index contributed by atoms with van der Waals surface area (Å²) in [5.74, 6) is -2.25. The van der Waals surface area contributed by atoms with E-state index in [1.54, 1.807) is 16.5 Å². The zero-order chi connectivity index (χ0) is 24.3. The van der Waals surface area contributed by atoms with Gasteiger partial charge in [-0.25, -0.2) is 9.78 Å². The van der Waals surface area contributed by atoms with Crippen LogP contribution in [0.5, 0.6) is 0 Å².